The van der Waals surface area contributed by atoms with Crippen LogP contribution in [0.3, 0.4) is 0 Å². The molecular formula is C21H20O10. The first-order valence-corrected chi connectivity index (χ1v) is 10.3. The van der Waals surface area contributed by atoms with Crippen LogP contribution in [-0.4, -0.2) is 66.7 Å². The van der Waals surface area contributed by atoms with Crippen LogP contribution >= 0.6 is 0 Å². The molecule has 1 aromatic carbocycles. The summed E-state index contributed by atoms with van der Waals surface area (Å²) < 4.78 is 32.7. The number of esters is 3. The van der Waals surface area contributed by atoms with E-state index in [4.69, 9.17) is 28.4 Å². The predicted octanol–water partition coefficient (Wildman–Crippen LogP) is 0.130. The number of para-hydroxylation sites is 1. The van der Waals surface area contributed by atoms with Crippen LogP contribution in [0.25, 0.3) is 0 Å². The van der Waals surface area contributed by atoms with Crippen LogP contribution in [0.5, 0.6) is 17.2 Å². The largest absolute Gasteiger partial charge is 0.422 e. The fraction of sp³-hybridized carbons (Fsp3) is 0.571. The number of benzene rings is 1. The molecule has 1 N–H and O–H groups in total. The summed E-state index contributed by atoms with van der Waals surface area (Å²) in [6, 6.07) is 4.38. The lowest BCUT2D eigenvalue weighted by molar-refractivity contribution is -0.208. The Morgan fingerprint density at radius 2 is 1.42 bits per heavy atom. The minimum atomic E-state index is -2.56. The van der Waals surface area contributed by atoms with E-state index in [0.29, 0.717) is 19.8 Å². The lowest BCUT2D eigenvalue weighted by Crippen LogP contribution is -2.68. The van der Waals surface area contributed by atoms with E-state index in [-0.39, 0.29) is 54.8 Å². The topological polar surface area (TPSA) is 137 Å². The van der Waals surface area contributed by atoms with E-state index in [1.54, 1.807) is 0 Å². The molecule has 1 aromatic rings. The predicted molar refractivity (Wildman–Crippen MR) is 97.3 cm³/mol. The Kier molecular flexibility index (Phi) is 4.01. The summed E-state index contributed by atoms with van der Waals surface area (Å²) in [6.45, 7) is 1.12. The second-order valence-corrected chi connectivity index (χ2v) is 8.69. The molecule has 0 radical (unpaired) electrons. The van der Waals surface area contributed by atoms with Gasteiger partial charge in [-0.15, -0.1) is 0 Å². The van der Waals surface area contributed by atoms with Gasteiger partial charge in [-0.2, -0.15) is 0 Å². The van der Waals surface area contributed by atoms with Gasteiger partial charge in [0.15, 0.2) is 17.1 Å². The Morgan fingerprint density at radius 3 is 2.00 bits per heavy atom. The molecule has 0 saturated carbocycles. The first kappa shape index (κ1) is 19.2. The summed E-state index contributed by atoms with van der Waals surface area (Å²) in [6.07, 6.45) is -1.14. The standard InChI is InChI=1S/C21H20O10/c22-17-13(4-10-7-26-10)21(25)19(24)31-16-14(29-17)2-1-3-15(16)30-18(23)20(21,5-11-8-27-11)6-12-9-28-12/h1-3,10-13,25H,4-9H2. The molecular weight excluding hydrogens is 412 g/mol. The molecule has 10 heteroatoms. The summed E-state index contributed by atoms with van der Waals surface area (Å²) in [5.74, 6) is -4.50. The highest BCUT2D eigenvalue weighted by molar-refractivity contribution is 5.99. The van der Waals surface area contributed by atoms with E-state index < -0.39 is 34.8 Å². The monoisotopic (exact) mass is 432 g/mol. The first-order valence-electron chi connectivity index (χ1n) is 10.3. The Balaban J connectivity index is 1.59. The Bertz CT molecular complexity index is 962. The Morgan fingerprint density at radius 1 is 0.839 bits per heavy atom. The molecule has 164 valence electrons. The van der Waals surface area contributed by atoms with E-state index in [0.717, 1.165) is 0 Å². The van der Waals surface area contributed by atoms with Crippen LogP contribution in [0.2, 0.25) is 0 Å². The number of ether oxygens (including phenoxy) is 6. The van der Waals surface area contributed by atoms with Crippen LogP contribution in [0.4, 0.5) is 0 Å². The normalized spacial score (nSPS) is 40.0. The molecule has 3 fully saturated rings. The van der Waals surface area contributed by atoms with Gasteiger partial charge in [-0.25, -0.2) is 4.79 Å². The van der Waals surface area contributed by atoms with Gasteiger partial charge in [-0.05, 0) is 31.4 Å². The van der Waals surface area contributed by atoms with Crippen molar-refractivity contribution < 1.29 is 47.9 Å². The van der Waals surface area contributed by atoms with Gasteiger partial charge in [-0.1, -0.05) is 6.07 Å². The van der Waals surface area contributed by atoms with E-state index in [1.165, 1.54) is 18.2 Å². The maximum Gasteiger partial charge on any atom is 0.345 e. The molecule has 2 bridgehead atoms. The molecule has 10 nitrogen and oxygen atoms in total. The van der Waals surface area contributed by atoms with E-state index in [9.17, 15) is 19.5 Å². The minimum absolute atomic E-state index is 0.00840. The molecule has 0 aromatic heterocycles. The molecule has 0 spiro atoms. The fourth-order valence-electron chi connectivity index (χ4n) is 4.75. The minimum Gasteiger partial charge on any atom is -0.422 e. The van der Waals surface area contributed by atoms with Gasteiger partial charge in [-0.3, -0.25) is 9.59 Å². The number of aliphatic hydroxyl groups is 1. The Hall–Kier alpha value is -2.53. The molecule has 5 unspecified atom stereocenters. The third-order valence-electron chi connectivity index (χ3n) is 6.63. The zero-order valence-electron chi connectivity index (χ0n) is 16.4. The van der Waals surface area contributed by atoms with E-state index in [2.05, 4.69) is 0 Å². The summed E-state index contributed by atoms with van der Waals surface area (Å²) in [4.78, 5) is 40.6. The van der Waals surface area contributed by atoms with Crippen molar-refractivity contribution in [1.82, 2.24) is 0 Å². The van der Waals surface area contributed by atoms with Crippen LogP contribution < -0.4 is 14.2 Å². The van der Waals surface area contributed by atoms with Gasteiger partial charge in [0.25, 0.3) is 0 Å². The van der Waals surface area contributed by atoms with Crippen molar-refractivity contribution in [2.75, 3.05) is 19.8 Å². The summed E-state index contributed by atoms with van der Waals surface area (Å²) in [5, 5.41) is 12.1. The molecule has 5 aliphatic rings. The first-order chi connectivity index (χ1) is 14.9. The second kappa shape index (κ2) is 6.49. The van der Waals surface area contributed by atoms with E-state index >= 15 is 0 Å². The van der Waals surface area contributed by atoms with Gasteiger partial charge in [0.2, 0.25) is 5.75 Å². The number of hydrogen-bond acceptors (Lipinski definition) is 10. The highest BCUT2D eigenvalue weighted by atomic mass is 16.6. The molecule has 5 atom stereocenters. The maximum atomic E-state index is 13.7. The van der Waals surface area contributed by atoms with Crippen LogP contribution in [-0.2, 0) is 28.6 Å². The fourth-order valence-corrected chi connectivity index (χ4v) is 4.75. The molecule has 0 amide bonds. The van der Waals surface area contributed by atoms with Crippen LogP contribution in [0, 0.1) is 11.3 Å². The smallest absolute Gasteiger partial charge is 0.345 e. The van der Waals surface area contributed by atoms with Crippen LogP contribution in [0.1, 0.15) is 19.3 Å². The van der Waals surface area contributed by atoms with Crippen molar-refractivity contribution in [1.29, 1.82) is 0 Å². The summed E-state index contributed by atoms with van der Waals surface area (Å²) in [7, 11) is 0. The Labute approximate surface area is 176 Å². The van der Waals surface area contributed by atoms with Gasteiger partial charge < -0.3 is 33.5 Å². The highest BCUT2D eigenvalue weighted by Gasteiger charge is 2.71. The highest BCUT2D eigenvalue weighted by Crippen LogP contribution is 2.55. The zero-order chi connectivity index (χ0) is 21.4. The third-order valence-corrected chi connectivity index (χ3v) is 6.63. The number of carbonyl (C=O) groups is 3. The maximum absolute atomic E-state index is 13.7. The zero-order valence-corrected chi connectivity index (χ0v) is 16.4. The lowest BCUT2D eigenvalue weighted by atomic mass is 9.59. The summed E-state index contributed by atoms with van der Waals surface area (Å²) >= 11 is 0. The number of hydrogen-bond donors (Lipinski definition) is 1. The quantitative estimate of drug-likeness (QED) is 0.375. The van der Waals surface area contributed by atoms with Gasteiger partial charge >= 0.3 is 17.9 Å². The van der Waals surface area contributed by atoms with E-state index in [1.807, 2.05) is 0 Å². The summed E-state index contributed by atoms with van der Waals surface area (Å²) in [5.41, 5.74) is -4.40. The number of epoxide rings is 3. The number of carbonyl (C=O) groups excluding carboxylic acids is 3. The molecule has 6 rings (SSSR count). The number of fused-ring (bicyclic) bond motifs is 2. The molecule has 0 aliphatic carbocycles. The SMILES string of the molecule is O=C1Oc2cccc3c2OC(=O)C(O)(C1CC1CO1)C(CC1CO1)(CC1CO1)C(=O)O3. The number of rotatable bonds is 6. The molecule has 31 heavy (non-hydrogen) atoms. The van der Waals surface area contributed by atoms with Gasteiger partial charge in [0, 0.05) is 0 Å². The average molecular weight is 432 g/mol. The average Bonchev–Trinajstić information content (AvgIpc) is 3.58. The second-order valence-electron chi connectivity index (χ2n) is 8.69. The van der Waals surface area contributed by atoms with Crippen molar-refractivity contribution >= 4 is 17.9 Å². The lowest BCUT2D eigenvalue weighted by Gasteiger charge is -2.47. The van der Waals surface area contributed by atoms with Crippen molar-refractivity contribution in [2.24, 2.45) is 11.3 Å². The van der Waals surface area contributed by atoms with Crippen molar-refractivity contribution in [3.05, 3.63) is 18.2 Å². The van der Waals surface area contributed by atoms with Crippen LogP contribution in [0.15, 0.2) is 18.2 Å². The molecule has 3 saturated heterocycles. The molecule has 5 aliphatic heterocycles. The van der Waals surface area contributed by atoms with Gasteiger partial charge in [0.1, 0.15) is 11.3 Å². The van der Waals surface area contributed by atoms with Gasteiger partial charge in [0.05, 0.1) is 38.1 Å². The van der Waals surface area contributed by atoms with Crippen molar-refractivity contribution in [3.8, 4) is 17.2 Å². The van der Waals surface area contributed by atoms with Crippen molar-refractivity contribution in [3.63, 3.8) is 0 Å². The third kappa shape index (κ3) is 2.97. The molecule has 5 heterocycles. The van der Waals surface area contributed by atoms with Crippen molar-refractivity contribution in [2.45, 2.75) is 43.2 Å².